The van der Waals surface area contributed by atoms with Crippen molar-refractivity contribution in [1.29, 1.82) is 0 Å². The summed E-state index contributed by atoms with van der Waals surface area (Å²) in [4.78, 5) is 13.4. The van der Waals surface area contributed by atoms with E-state index in [4.69, 9.17) is 0 Å². The number of ketones is 1. The van der Waals surface area contributed by atoms with Crippen molar-refractivity contribution < 1.29 is 4.79 Å². The maximum absolute atomic E-state index is 10.9. The third kappa shape index (κ3) is 1.45. The molecule has 2 rings (SSSR count). The largest absolute Gasteiger partial charge is 0.300 e. The van der Waals surface area contributed by atoms with Crippen LogP contribution in [0.2, 0.25) is 0 Å². The van der Waals surface area contributed by atoms with E-state index in [1.54, 1.807) is 0 Å². The fraction of sp³-hybridized carbons (Fsp3) is 0.889. The van der Waals surface area contributed by atoms with Crippen molar-refractivity contribution in [2.45, 2.75) is 32.2 Å². The van der Waals surface area contributed by atoms with Gasteiger partial charge < -0.3 is 0 Å². The minimum absolute atomic E-state index is 0.453. The zero-order chi connectivity index (χ0) is 7.84. The molecule has 0 N–H and O–H groups in total. The molecule has 1 saturated heterocycles. The number of likely N-dealkylation sites (tertiary alicyclic amines) is 1. The van der Waals surface area contributed by atoms with Crippen LogP contribution < -0.4 is 0 Å². The highest BCUT2D eigenvalue weighted by atomic mass is 16.1. The Morgan fingerprint density at radius 2 is 1.91 bits per heavy atom. The third-order valence-corrected chi connectivity index (χ3v) is 2.89. The number of nitrogens with zero attached hydrogens (tertiary/aromatic N) is 1. The Balaban J connectivity index is 1.83. The maximum Gasteiger partial charge on any atom is 0.135 e. The van der Waals surface area contributed by atoms with Gasteiger partial charge in [-0.25, -0.2) is 0 Å². The molecular formula is C9H15NO. The van der Waals surface area contributed by atoms with Crippen molar-refractivity contribution in [3.8, 4) is 0 Å². The highest BCUT2D eigenvalue weighted by Crippen LogP contribution is 2.35. The molecule has 2 unspecified atom stereocenters. The Bertz CT molecular complexity index is 168. The summed E-state index contributed by atoms with van der Waals surface area (Å²) < 4.78 is 0. The fourth-order valence-electron chi connectivity index (χ4n) is 1.92. The minimum atomic E-state index is 0.453. The summed E-state index contributed by atoms with van der Waals surface area (Å²) in [6.45, 7) is 4.34. The maximum atomic E-state index is 10.9. The number of rotatable bonds is 1. The van der Waals surface area contributed by atoms with E-state index < -0.39 is 0 Å². The Kier molecular flexibility index (Phi) is 1.72. The predicted octanol–water partition coefficient (Wildman–Crippen LogP) is 1.06. The number of hydrogen-bond acceptors (Lipinski definition) is 2. The van der Waals surface area contributed by atoms with Crippen LogP contribution in [0.1, 0.15) is 26.2 Å². The van der Waals surface area contributed by atoms with Crippen LogP contribution in [-0.4, -0.2) is 29.8 Å². The zero-order valence-corrected chi connectivity index (χ0v) is 7.05. The molecule has 2 heteroatoms. The van der Waals surface area contributed by atoms with Crippen LogP contribution >= 0.6 is 0 Å². The van der Waals surface area contributed by atoms with E-state index in [1.807, 2.05) is 0 Å². The molecular weight excluding hydrogens is 138 g/mol. The molecule has 0 bridgehead atoms. The van der Waals surface area contributed by atoms with Crippen LogP contribution in [0.25, 0.3) is 0 Å². The van der Waals surface area contributed by atoms with Gasteiger partial charge in [-0.05, 0) is 12.3 Å². The fourth-order valence-corrected chi connectivity index (χ4v) is 1.92. The van der Waals surface area contributed by atoms with E-state index in [2.05, 4.69) is 11.8 Å². The van der Waals surface area contributed by atoms with Crippen molar-refractivity contribution in [3.63, 3.8) is 0 Å². The molecule has 0 aromatic heterocycles. The van der Waals surface area contributed by atoms with Gasteiger partial charge in [0.25, 0.3) is 0 Å². The highest BCUT2D eigenvalue weighted by molar-refractivity contribution is 5.79. The summed E-state index contributed by atoms with van der Waals surface area (Å²) in [5, 5.41) is 0. The summed E-state index contributed by atoms with van der Waals surface area (Å²) >= 11 is 0. The number of Topliss-reactive ketones (excluding diaryl/α,β-unsaturated/α-hetero) is 1. The Hall–Kier alpha value is -0.370. The van der Waals surface area contributed by atoms with E-state index in [0.29, 0.717) is 5.78 Å². The molecule has 62 valence electrons. The number of carbonyl (C=O) groups excluding carboxylic acids is 1. The van der Waals surface area contributed by atoms with Crippen molar-refractivity contribution in [2.75, 3.05) is 13.1 Å². The summed E-state index contributed by atoms with van der Waals surface area (Å²) in [7, 11) is 0. The van der Waals surface area contributed by atoms with Crippen LogP contribution in [-0.2, 0) is 4.79 Å². The number of piperidine rings is 1. The van der Waals surface area contributed by atoms with Gasteiger partial charge >= 0.3 is 0 Å². The monoisotopic (exact) mass is 153 g/mol. The molecule has 2 aliphatic rings. The van der Waals surface area contributed by atoms with Gasteiger partial charge in [-0.2, -0.15) is 0 Å². The smallest absolute Gasteiger partial charge is 0.135 e. The van der Waals surface area contributed by atoms with Gasteiger partial charge in [0, 0.05) is 32.0 Å². The molecule has 1 saturated carbocycles. The predicted molar refractivity (Wildman–Crippen MR) is 43.4 cm³/mol. The molecule has 1 aliphatic heterocycles. The second-order valence-corrected chi connectivity index (χ2v) is 3.85. The molecule has 0 amide bonds. The quantitative estimate of drug-likeness (QED) is 0.561. The van der Waals surface area contributed by atoms with Crippen LogP contribution in [0, 0.1) is 5.92 Å². The standard InChI is InChI=1S/C9H15NO/c1-7-6-9(7)10-4-2-8(11)3-5-10/h7,9H,2-6H2,1H3. The van der Waals surface area contributed by atoms with Crippen LogP contribution in [0.4, 0.5) is 0 Å². The lowest BCUT2D eigenvalue weighted by molar-refractivity contribution is -0.121. The highest BCUT2D eigenvalue weighted by Gasteiger charge is 2.38. The van der Waals surface area contributed by atoms with E-state index in [-0.39, 0.29) is 0 Å². The topological polar surface area (TPSA) is 20.3 Å². The first-order chi connectivity index (χ1) is 5.27. The lowest BCUT2D eigenvalue weighted by atomic mass is 10.1. The molecule has 0 aromatic carbocycles. The van der Waals surface area contributed by atoms with Crippen molar-refractivity contribution >= 4 is 5.78 Å². The first kappa shape index (κ1) is 7.29. The van der Waals surface area contributed by atoms with Gasteiger partial charge in [-0.15, -0.1) is 0 Å². The molecule has 11 heavy (non-hydrogen) atoms. The van der Waals surface area contributed by atoms with Gasteiger partial charge in [-0.3, -0.25) is 9.69 Å². The average molecular weight is 153 g/mol. The van der Waals surface area contributed by atoms with E-state index >= 15 is 0 Å². The van der Waals surface area contributed by atoms with E-state index in [0.717, 1.165) is 37.9 Å². The SMILES string of the molecule is CC1CC1N1CCC(=O)CC1. The van der Waals surface area contributed by atoms with Crippen LogP contribution in [0.15, 0.2) is 0 Å². The summed E-state index contributed by atoms with van der Waals surface area (Å²) in [5.41, 5.74) is 0. The van der Waals surface area contributed by atoms with Crippen LogP contribution in [0.3, 0.4) is 0 Å². The normalized spacial score (nSPS) is 39.2. The molecule has 2 atom stereocenters. The van der Waals surface area contributed by atoms with Gasteiger partial charge in [0.15, 0.2) is 0 Å². The van der Waals surface area contributed by atoms with Gasteiger partial charge in [0.05, 0.1) is 0 Å². The summed E-state index contributed by atoms with van der Waals surface area (Å²) in [6, 6.07) is 0.822. The van der Waals surface area contributed by atoms with Crippen molar-refractivity contribution in [1.82, 2.24) is 4.90 Å². The molecule has 1 heterocycles. The summed E-state index contributed by atoms with van der Waals surface area (Å²) in [6.07, 6.45) is 2.95. The molecule has 0 spiro atoms. The number of hydrogen-bond donors (Lipinski definition) is 0. The second kappa shape index (κ2) is 2.59. The molecule has 2 fully saturated rings. The molecule has 0 radical (unpaired) electrons. The summed E-state index contributed by atoms with van der Waals surface area (Å²) in [5.74, 6) is 1.35. The molecule has 0 aromatic rings. The number of carbonyl (C=O) groups is 1. The van der Waals surface area contributed by atoms with Gasteiger partial charge in [0.2, 0.25) is 0 Å². The zero-order valence-electron chi connectivity index (χ0n) is 7.05. The Labute approximate surface area is 67.6 Å². The third-order valence-electron chi connectivity index (χ3n) is 2.89. The van der Waals surface area contributed by atoms with Crippen molar-refractivity contribution in [2.24, 2.45) is 5.92 Å². The second-order valence-electron chi connectivity index (χ2n) is 3.85. The molecule has 2 nitrogen and oxygen atoms in total. The first-order valence-corrected chi connectivity index (χ1v) is 4.53. The Morgan fingerprint density at radius 1 is 1.36 bits per heavy atom. The van der Waals surface area contributed by atoms with Gasteiger partial charge in [-0.1, -0.05) is 6.92 Å². The van der Waals surface area contributed by atoms with Crippen LogP contribution in [0.5, 0.6) is 0 Å². The van der Waals surface area contributed by atoms with Gasteiger partial charge in [0.1, 0.15) is 5.78 Å². The van der Waals surface area contributed by atoms with Crippen molar-refractivity contribution in [3.05, 3.63) is 0 Å². The van der Waals surface area contributed by atoms with E-state index in [9.17, 15) is 4.79 Å². The lowest BCUT2D eigenvalue weighted by Gasteiger charge is -2.25. The average Bonchev–Trinajstić information content (AvgIpc) is 2.69. The Morgan fingerprint density at radius 3 is 2.36 bits per heavy atom. The molecule has 1 aliphatic carbocycles. The minimum Gasteiger partial charge on any atom is -0.300 e. The first-order valence-electron chi connectivity index (χ1n) is 4.53. The lowest BCUT2D eigenvalue weighted by Crippen LogP contribution is -2.36. The van der Waals surface area contributed by atoms with E-state index in [1.165, 1.54) is 6.42 Å².